The summed E-state index contributed by atoms with van der Waals surface area (Å²) >= 11 is 0. The van der Waals surface area contributed by atoms with Crippen molar-refractivity contribution in [2.75, 3.05) is 22.8 Å². The van der Waals surface area contributed by atoms with Crippen LogP contribution < -0.4 is 14.4 Å². The number of rotatable bonds is 3. The van der Waals surface area contributed by atoms with Crippen LogP contribution in [0, 0.1) is 6.92 Å². The van der Waals surface area contributed by atoms with E-state index in [-0.39, 0.29) is 35.2 Å². The molecule has 2 aromatic carbocycles. The second-order valence-electron chi connectivity index (χ2n) is 7.39. The molecule has 0 saturated heterocycles. The third-order valence-electron chi connectivity index (χ3n) is 5.14. The van der Waals surface area contributed by atoms with Crippen LogP contribution in [0.3, 0.4) is 0 Å². The van der Waals surface area contributed by atoms with Gasteiger partial charge < -0.3 is 10.1 Å². The minimum atomic E-state index is -4.54. The van der Waals surface area contributed by atoms with E-state index in [2.05, 4.69) is 10.4 Å². The van der Waals surface area contributed by atoms with Gasteiger partial charge in [-0.2, -0.15) is 18.3 Å². The van der Waals surface area contributed by atoms with Crippen molar-refractivity contribution in [2.45, 2.75) is 18.0 Å². The Labute approximate surface area is 187 Å². The number of alkyl halides is 3. The SMILES string of the molecule is Cc1cnn(C)c1C(=O)Nc1ccc2c(c1)S(=O)(=O)N(c1ccc(C(F)(F)F)cc1)CCO2. The number of aryl methyl sites for hydroxylation is 2. The van der Waals surface area contributed by atoms with Gasteiger partial charge in [-0.3, -0.25) is 13.8 Å². The first-order chi connectivity index (χ1) is 15.5. The number of aromatic nitrogens is 2. The van der Waals surface area contributed by atoms with E-state index in [9.17, 15) is 26.4 Å². The van der Waals surface area contributed by atoms with E-state index in [0.29, 0.717) is 11.3 Å². The number of sulfonamides is 1. The Hall–Kier alpha value is -3.54. The minimum absolute atomic E-state index is 0.00677. The summed E-state index contributed by atoms with van der Waals surface area (Å²) in [7, 11) is -2.58. The van der Waals surface area contributed by atoms with Gasteiger partial charge >= 0.3 is 6.18 Å². The molecule has 4 rings (SSSR count). The highest BCUT2D eigenvalue weighted by Gasteiger charge is 2.34. The van der Waals surface area contributed by atoms with E-state index in [0.717, 1.165) is 28.6 Å². The number of amides is 1. The van der Waals surface area contributed by atoms with Crippen molar-refractivity contribution < 1.29 is 31.1 Å². The first-order valence-electron chi connectivity index (χ1n) is 9.75. The maximum atomic E-state index is 13.4. The topological polar surface area (TPSA) is 93.5 Å². The third-order valence-corrected chi connectivity index (χ3v) is 6.99. The van der Waals surface area contributed by atoms with Gasteiger partial charge in [0, 0.05) is 12.7 Å². The van der Waals surface area contributed by atoms with Crippen molar-refractivity contribution in [1.82, 2.24) is 9.78 Å². The summed E-state index contributed by atoms with van der Waals surface area (Å²) < 4.78 is 73.4. The van der Waals surface area contributed by atoms with Crippen LogP contribution >= 0.6 is 0 Å². The highest BCUT2D eigenvalue weighted by atomic mass is 32.2. The fourth-order valence-electron chi connectivity index (χ4n) is 3.53. The zero-order chi connectivity index (χ0) is 24.0. The van der Waals surface area contributed by atoms with Gasteiger partial charge in [-0.15, -0.1) is 0 Å². The Bertz CT molecular complexity index is 1300. The van der Waals surface area contributed by atoms with Crippen molar-refractivity contribution in [3.8, 4) is 5.75 Å². The van der Waals surface area contributed by atoms with Crippen molar-refractivity contribution in [2.24, 2.45) is 7.05 Å². The molecule has 0 fully saturated rings. The molecule has 0 unspecified atom stereocenters. The summed E-state index contributed by atoms with van der Waals surface area (Å²) in [5.74, 6) is -0.391. The van der Waals surface area contributed by atoms with E-state index < -0.39 is 27.7 Å². The van der Waals surface area contributed by atoms with E-state index >= 15 is 0 Å². The smallest absolute Gasteiger partial charge is 0.416 e. The van der Waals surface area contributed by atoms with Crippen LogP contribution in [-0.4, -0.2) is 37.3 Å². The van der Waals surface area contributed by atoms with Crippen LogP contribution in [0.15, 0.2) is 53.6 Å². The fraction of sp³-hybridized carbons (Fsp3) is 0.238. The molecule has 1 N–H and O–H groups in total. The molecule has 8 nitrogen and oxygen atoms in total. The average Bonchev–Trinajstić information content (AvgIpc) is 3.02. The molecule has 1 aliphatic heterocycles. The van der Waals surface area contributed by atoms with E-state index in [4.69, 9.17) is 4.74 Å². The molecule has 0 aliphatic carbocycles. The summed E-state index contributed by atoms with van der Waals surface area (Å²) in [6.45, 7) is 1.62. The van der Waals surface area contributed by atoms with Gasteiger partial charge in [-0.05, 0) is 55.0 Å². The summed E-state index contributed by atoms with van der Waals surface area (Å²) in [5, 5.41) is 6.66. The molecular weight excluding hydrogens is 461 g/mol. The quantitative estimate of drug-likeness (QED) is 0.619. The number of carbonyl (C=O) groups excluding carboxylic acids is 1. The Kier molecular flexibility index (Phi) is 5.56. The molecule has 3 aromatic rings. The van der Waals surface area contributed by atoms with E-state index in [1.165, 1.54) is 29.1 Å². The number of hydrogen-bond acceptors (Lipinski definition) is 5. The summed E-state index contributed by atoms with van der Waals surface area (Å²) in [6, 6.07) is 8.04. The van der Waals surface area contributed by atoms with Crippen LogP contribution in [0.25, 0.3) is 0 Å². The molecule has 0 spiro atoms. The molecule has 1 amide bonds. The molecule has 174 valence electrons. The monoisotopic (exact) mass is 480 g/mol. The predicted molar refractivity (Wildman–Crippen MR) is 114 cm³/mol. The van der Waals surface area contributed by atoms with Gasteiger partial charge in [0.15, 0.2) is 0 Å². The number of carbonyl (C=O) groups is 1. The number of ether oxygens (including phenoxy) is 1. The minimum Gasteiger partial charge on any atom is -0.490 e. The number of hydrogen-bond donors (Lipinski definition) is 1. The summed E-state index contributed by atoms with van der Waals surface area (Å²) in [5.41, 5.74) is 0.357. The zero-order valence-corrected chi connectivity index (χ0v) is 18.4. The van der Waals surface area contributed by atoms with Crippen molar-refractivity contribution >= 4 is 27.3 Å². The molecule has 1 aromatic heterocycles. The highest BCUT2D eigenvalue weighted by Crippen LogP contribution is 2.36. The molecule has 0 atom stereocenters. The summed E-state index contributed by atoms with van der Waals surface area (Å²) in [4.78, 5) is 12.4. The number of benzene rings is 2. The van der Waals surface area contributed by atoms with Crippen molar-refractivity contribution in [3.05, 3.63) is 65.5 Å². The number of fused-ring (bicyclic) bond motifs is 1. The lowest BCUT2D eigenvalue weighted by molar-refractivity contribution is -0.137. The maximum Gasteiger partial charge on any atom is 0.416 e. The molecule has 12 heteroatoms. The van der Waals surface area contributed by atoms with Gasteiger partial charge in [-0.1, -0.05) is 0 Å². The van der Waals surface area contributed by atoms with Gasteiger partial charge in [0.2, 0.25) is 0 Å². The first-order valence-corrected chi connectivity index (χ1v) is 11.2. The van der Waals surface area contributed by atoms with E-state index in [1.807, 2.05) is 0 Å². The molecule has 33 heavy (non-hydrogen) atoms. The second-order valence-corrected chi connectivity index (χ2v) is 9.22. The second kappa shape index (κ2) is 8.10. The largest absolute Gasteiger partial charge is 0.490 e. The molecule has 0 radical (unpaired) electrons. The van der Waals surface area contributed by atoms with Crippen molar-refractivity contribution in [3.63, 3.8) is 0 Å². The molecule has 1 aliphatic rings. The highest BCUT2D eigenvalue weighted by molar-refractivity contribution is 7.93. The Morgan fingerprint density at radius 2 is 1.85 bits per heavy atom. The lowest BCUT2D eigenvalue weighted by Gasteiger charge is -2.22. The molecule has 0 saturated carbocycles. The standard InChI is InChI=1S/C21H19F3N4O4S/c1-13-12-25-27(2)19(13)20(29)26-15-5-8-17-18(11-15)33(30,31)28(9-10-32-17)16-6-3-14(4-7-16)21(22,23)24/h3-8,11-12H,9-10H2,1-2H3,(H,26,29). The number of nitrogens with one attached hydrogen (secondary N) is 1. The number of nitrogens with zero attached hydrogens (tertiary/aromatic N) is 3. The van der Waals surface area contributed by atoms with Gasteiger partial charge in [0.05, 0.1) is 24.0 Å². The van der Waals surface area contributed by atoms with Crippen molar-refractivity contribution in [1.29, 1.82) is 0 Å². The van der Waals surface area contributed by atoms with Crippen LogP contribution in [0.4, 0.5) is 24.5 Å². The molecule has 0 bridgehead atoms. The van der Waals surface area contributed by atoms with Crippen LogP contribution in [0.5, 0.6) is 5.75 Å². The predicted octanol–water partition coefficient (Wildman–Crippen LogP) is 3.59. The Morgan fingerprint density at radius 1 is 1.15 bits per heavy atom. The van der Waals surface area contributed by atoms with Crippen LogP contribution in [0.2, 0.25) is 0 Å². The maximum absolute atomic E-state index is 13.4. The lowest BCUT2D eigenvalue weighted by Crippen LogP contribution is -2.32. The normalized spacial score (nSPS) is 15.4. The Balaban J connectivity index is 1.68. The van der Waals surface area contributed by atoms with Crippen LogP contribution in [-0.2, 0) is 23.2 Å². The number of anilines is 2. The van der Waals surface area contributed by atoms with E-state index in [1.54, 1.807) is 14.0 Å². The first kappa shape index (κ1) is 22.6. The van der Waals surface area contributed by atoms with Gasteiger partial charge in [0.25, 0.3) is 15.9 Å². The lowest BCUT2D eigenvalue weighted by atomic mass is 10.2. The molecule has 2 heterocycles. The zero-order valence-electron chi connectivity index (χ0n) is 17.5. The average molecular weight is 480 g/mol. The Morgan fingerprint density at radius 3 is 2.45 bits per heavy atom. The summed E-state index contributed by atoms with van der Waals surface area (Å²) in [6.07, 6.45) is -3.00. The third kappa shape index (κ3) is 4.25. The van der Waals surface area contributed by atoms with Gasteiger partial charge in [0.1, 0.15) is 22.9 Å². The number of halogens is 3. The van der Waals surface area contributed by atoms with Crippen LogP contribution in [0.1, 0.15) is 21.6 Å². The van der Waals surface area contributed by atoms with Gasteiger partial charge in [-0.25, -0.2) is 8.42 Å². The fourth-order valence-corrected chi connectivity index (χ4v) is 5.14. The molecular formula is C21H19F3N4O4S.